The molecular weight excluding hydrogens is 373 g/mol. The molecule has 1 fully saturated rings. The number of ether oxygens (including phenoxy) is 1. The molecule has 2 aromatic carbocycles. The minimum atomic E-state index is -4.58. The molecule has 2 amide bonds. The summed E-state index contributed by atoms with van der Waals surface area (Å²) in [7, 11) is 0. The van der Waals surface area contributed by atoms with Gasteiger partial charge in [-0.05, 0) is 31.0 Å². The van der Waals surface area contributed by atoms with E-state index < -0.39 is 17.8 Å². The van der Waals surface area contributed by atoms with Crippen molar-refractivity contribution in [3.8, 4) is 5.75 Å². The van der Waals surface area contributed by atoms with E-state index in [2.05, 4.69) is 5.32 Å². The summed E-state index contributed by atoms with van der Waals surface area (Å²) in [5.41, 5.74) is -0.725. The average Bonchev–Trinajstić information content (AvgIpc) is 3.15. The molecule has 0 radical (unpaired) electrons. The van der Waals surface area contributed by atoms with Crippen LogP contribution in [0, 0.1) is 0 Å². The second-order valence-electron chi connectivity index (χ2n) is 6.62. The molecule has 1 unspecified atom stereocenters. The van der Waals surface area contributed by atoms with Gasteiger partial charge in [0.25, 0.3) is 0 Å². The molecule has 8 heteroatoms. The Morgan fingerprint density at radius 2 is 1.89 bits per heavy atom. The molecule has 28 heavy (non-hydrogen) atoms. The van der Waals surface area contributed by atoms with Gasteiger partial charge in [-0.1, -0.05) is 30.3 Å². The van der Waals surface area contributed by atoms with Crippen molar-refractivity contribution in [1.29, 1.82) is 0 Å². The van der Waals surface area contributed by atoms with Gasteiger partial charge in [0.15, 0.2) is 0 Å². The molecule has 0 aliphatic carbocycles. The van der Waals surface area contributed by atoms with Gasteiger partial charge >= 0.3 is 12.2 Å². The number of alkyl halides is 3. The first-order valence-corrected chi connectivity index (χ1v) is 8.95. The van der Waals surface area contributed by atoms with Crippen molar-refractivity contribution in [1.82, 2.24) is 4.90 Å². The lowest BCUT2D eigenvalue weighted by molar-refractivity contribution is -0.136. The van der Waals surface area contributed by atoms with Crippen LogP contribution in [-0.2, 0) is 17.5 Å². The van der Waals surface area contributed by atoms with Crippen molar-refractivity contribution in [3.05, 3.63) is 59.7 Å². The van der Waals surface area contributed by atoms with Crippen LogP contribution in [0.5, 0.6) is 5.75 Å². The van der Waals surface area contributed by atoms with E-state index in [1.165, 1.54) is 29.2 Å². The molecule has 3 rings (SSSR count). The summed E-state index contributed by atoms with van der Waals surface area (Å²) < 4.78 is 45.2. The third kappa shape index (κ3) is 4.95. The van der Waals surface area contributed by atoms with E-state index in [9.17, 15) is 23.1 Å². The van der Waals surface area contributed by atoms with E-state index in [4.69, 9.17) is 4.74 Å². The molecule has 1 heterocycles. The van der Waals surface area contributed by atoms with Crippen molar-refractivity contribution in [3.63, 3.8) is 0 Å². The van der Waals surface area contributed by atoms with E-state index in [1.54, 1.807) is 18.2 Å². The standard InChI is InChI=1S/C20H21F3N2O3/c21-20(22,23)16-8-2-3-9-17(16)24-19(27)25(13-15-7-5-11-28-15)12-14-6-1-4-10-18(14)26/h1-4,6,8-10,15,26H,5,7,11-13H2,(H,24,27). The number of para-hydroxylation sites is 2. The number of benzene rings is 2. The second-order valence-corrected chi connectivity index (χ2v) is 6.62. The largest absolute Gasteiger partial charge is 0.508 e. The molecule has 1 atom stereocenters. The summed E-state index contributed by atoms with van der Waals surface area (Å²) >= 11 is 0. The van der Waals surface area contributed by atoms with Crippen molar-refractivity contribution in [2.24, 2.45) is 0 Å². The fraction of sp³-hybridized carbons (Fsp3) is 0.350. The smallest absolute Gasteiger partial charge is 0.418 e. The van der Waals surface area contributed by atoms with Gasteiger partial charge in [0.05, 0.1) is 23.9 Å². The molecule has 1 saturated heterocycles. The lowest BCUT2D eigenvalue weighted by Crippen LogP contribution is -2.40. The second kappa shape index (κ2) is 8.52. The molecule has 2 aromatic rings. The normalized spacial score (nSPS) is 16.8. The van der Waals surface area contributed by atoms with Crippen molar-refractivity contribution >= 4 is 11.7 Å². The van der Waals surface area contributed by atoms with Gasteiger partial charge in [0.1, 0.15) is 5.75 Å². The van der Waals surface area contributed by atoms with Gasteiger partial charge in [-0.3, -0.25) is 0 Å². The lowest BCUT2D eigenvalue weighted by Gasteiger charge is -2.27. The number of anilines is 1. The summed E-state index contributed by atoms with van der Waals surface area (Å²) in [6.45, 7) is 0.856. The maximum absolute atomic E-state index is 13.2. The van der Waals surface area contributed by atoms with Crippen molar-refractivity contribution in [2.75, 3.05) is 18.5 Å². The van der Waals surface area contributed by atoms with E-state index >= 15 is 0 Å². The van der Waals surface area contributed by atoms with Crippen molar-refractivity contribution in [2.45, 2.75) is 31.7 Å². The zero-order valence-electron chi connectivity index (χ0n) is 15.1. The zero-order valence-corrected chi connectivity index (χ0v) is 15.1. The highest BCUT2D eigenvalue weighted by atomic mass is 19.4. The lowest BCUT2D eigenvalue weighted by atomic mass is 10.1. The topological polar surface area (TPSA) is 61.8 Å². The minimum Gasteiger partial charge on any atom is -0.508 e. The van der Waals surface area contributed by atoms with Crippen LogP contribution in [0.1, 0.15) is 24.0 Å². The fourth-order valence-electron chi connectivity index (χ4n) is 3.14. The number of hydrogen-bond donors (Lipinski definition) is 2. The van der Waals surface area contributed by atoms with Crippen LogP contribution in [0.15, 0.2) is 48.5 Å². The molecule has 1 aliphatic rings. The van der Waals surface area contributed by atoms with Gasteiger partial charge in [0, 0.05) is 18.7 Å². The number of carbonyl (C=O) groups is 1. The molecule has 150 valence electrons. The number of amides is 2. The summed E-state index contributed by atoms with van der Waals surface area (Å²) in [6.07, 6.45) is -3.13. The molecule has 0 saturated carbocycles. The summed E-state index contributed by atoms with van der Waals surface area (Å²) in [6, 6.07) is 10.7. The molecule has 2 N–H and O–H groups in total. The average molecular weight is 394 g/mol. The summed E-state index contributed by atoms with van der Waals surface area (Å²) in [5.74, 6) is 0.0170. The molecule has 0 bridgehead atoms. The summed E-state index contributed by atoms with van der Waals surface area (Å²) in [5, 5.41) is 12.4. The number of hydrogen-bond acceptors (Lipinski definition) is 3. The maximum Gasteiger partial charge on any atom is 0.418 e. The van der Waals surface area contributed by atoms with E-state index in [-0.39, 0.29) is 30.6 Å². The SMILES string of the molecule is O=C(Nc1ccccc1C(F)(F)F)N(Cc1ccccc1O)CC1CCCO1. The number of urea groups is 1. The first-order valence-electron chi connectivity index (χ1n) is 8.95. The highest BCUT2D eigenvalue weighted by molar-refractivity contribution is 5.90. The predicted molar refractivity (Wildman–Crippen MR) is 98.0 cm³/mol. The first-order chi connectivity index (χ1) is 13.3. The van der Waals surface area contributed by atoms with Crippen LogP contribution in [0.2, 0.25) is 0 Å². The predicted octanol–water partition coefficient (Wildman–Crippen LogP) is 4.62. The van der Waals surface area contributed by atoms with Crippen LogP contribution < -0.4 is 5.32 Å². The Bertz CT molecular complexity index is 820. The molecule has 0 aromatic heterocycles. The van der Waals surface area contributed by atoms with Crippen LogP contribution in [0.25, 0.3) is 0 Å². The van der Waals surface area contributed by atoms with Crippen molar-refractivity contribution < 1.29 is 27.8 Å². The number of rotatable bonds is 5. The van der Waals surface area contributed by atoms with Gasteiger partial charge in [0.2, 0.25) is 0 Å². The Morgan fingerprint density at radius 1 is 1.18 bits per heavy atom. The van der Waals surface area contributed by atoms with Gasteiger partial charge in [-0.25, -0.2) is 4.79 Å². The molecule has 5 nitrogen and oxygen atoms in total. The Balaban J connectivity index is 1.81. The van der Waals surface area contributed by atoms with Crippen LogP contribution in [0.4, 0.5) is 23.7 Å². The van der Waals surface area contributed by atoms with Gasteiger partial charge in [-0.15, -0.1) is 0 Å². The molecule has 0 spiro atoms. The Kier molecular flexibility index (Phi) is 6.08. The molecular formula is C20H21F3N2O3. The van der Waals surface area contributed by atoms with Crippen LogP contribution >= 0.6 is 0 Å². The number of phenols is 1. The maximum atomic E-state index is 13.2. The summed E-state index contributed by atoms with van der Waals surface area (Å²) in [4.78, 5) is 14.2. The number of phenolic OH excluding ortho intramolecular Hbond substituents is 1. The monoisotopic (exact) mass is 394 g/mol. The van der Waals surface area contributed by atoms with Crippen LogP contribution in [0.3, 0.4) is 0 Å². The fourth-order valence-corrected chi connectivity index (χ4v) is 3.14. The Morgan fingerprint density at radius 3 is 2.57 bits per heavy atom. The number of nitrogens with zero attached hydrogens (tertiary/aromatic N) is 1. The van der Waals surface area contributed by atoms with E-state index in [0.29, 0.717) is 12.2 Å². The highest BCUT2D eigenvalue weighted by Crippen LogP contribution is 2.34. The number of aromatic hydroxyl groups is 1. The Hall–Kier alpha value is -2.74. The third-order valence-corrected chi connectivity index (χ3v) is 4.56. The van der Waals surface area contributed by atoms with E-state index in [0.717, 1.165) is 18.9 Å². The van der Waals surface area contributed by atoms with Gasteiger partial charge in [-0.2, -0.15) is 13.2 Å². The zero-order chi connectivity index (χ0) is 20.1. The highest BCUT2D eigenvalue weighted by Gasteiger charge is 2.34. The Labute approximate surface area is 160 Å². The first kappa shape index (κ1) is 20.0. The molecule has 1 aliphatic heterocycles. The third-order valence-electron chi connectivity index (χ3n) is 4.56. The van der Waals surface area contributed by atoms with E-state index in [1.807, 2.05) is 0 Å². The van der Waals surface area contributed by atoms with Gasteiger partial charge < -0.3 is 20.1 Å². The minimum absolute atomic E-state index is 0.0170. The number of nitrogens with one attached hydrogen (secondary N) is 1. The number of carbonyl (C=O) groups excluding carboxylic acids is 1. The van der Waals surface area contributed by atoms with Crippen LogP contribution in [-0.4, -0.2) is 35.3 Å². The quantitative estimate of drug-likeness (QED) is 0.778. The number of halogens is 3.